The molecule has 1 aliphatic heterocycles. The van der Waals surface area contributed by atoms with Gasteiger partial charge in [0.2, 0.25) is 0 Å². The average Bonchev–Trinajstić information content (AvgIpc) is 1.72. The Morgan fingerprint density at radius 2 is 2.67 bits per heavy atom. The van der Waals surface area contributed by atoms with E-state index in [-0.39, 0.29) is 20.9 Å². The van der Waals surface area contributed by atoms with E-state index in [0.717, 1.165) is 0 Å². The van der Waals surface area contributed by atoms with Gasteiger partial charge in [0.05, 0.1) is 0 Å². The molecule has 0 unspecified atom stereocenters. The van der Waals surface area contributed by atoms with E-state index in [4.69, 9.17) is 0 Å². The normalized spacial score (nSPS) is 18.7. The molecule has 0 aromatic rings. The molecule has 0 fully saturated rings. The van der Waals surface area contributed by atoms with Crippen LogP contribution in [0, 0.1) is 0 Å². The van der Waals surface area contributed by atoms with E-state index in [9.17, 15) is 0 Å². The van der Waals surface area contributed by atoms with Gasteiger partial charge in [-0.25, -0.2) is 0 Å². The molecule has 0 atom stereocenters. The Morgan fingerprint density at radius 3 is 2.83 bits per heavy atom. The minimum atomic E-state index is 0.242. The van der Waals surface area contributed by atoms with E-state index < -0.39 is 0 Å². The molecule has 1 rings (SSSR count). The predicted octanol–water partition coefficient (Wildman–Crippen LogP) is 0.664. The van der Waals surface area contributed by atoms with Crippen molar-refractivity contribution < 1.29 is 0 Å². The molecule has 0 aliphatic carbocycles. The van der Waals surface area contributed by atoms with Gasteiger partial charge in [0.1, 0.15) is 0 Å². The van der Waals surface area contributed by atoms with Gasteiger partial charge in [-0.3, -0.25) is 0 Å². The van der Waals surface area contributed by atoms with Crippen molar-refractivity contribution >= 4 is 27.1 Å². The summed E-state index contributed by atoms with van der Waals surface area (Å²) >= 11 is 0.242. The van der Waals surface area contributed by atoms with Gasteiger partial charge in [-0.05, 0) is 0 Å². The molecule has 0 saturated carbocycles. The molecule has 1 aliphatic rings. The van der Waals surface area contributed by atoms with Crippen LogP contribution in [0.3, 0.4) is 0 Å². The van der Waals surface area contributed by atoms with E-state index in [2.05, 4.69) is 9.12 Å². The minimum absolute atomic E-state index is 0.242. The van der Waals surface area contributed by atoms with Crippen molar-refractivity contribution in [2.45, 2.75) is 4.47 Å². The van der Waals surface area contributed by atoms with Crippen LogP contribution in [0.15, 0.2) is 15.3 Å². The maximum atomic E-state index is 3.90. The van der Waals surface area contributed by atoms with E-state index >= 15 is 0 Å². The zero-order valence-electron chi connectivity index (χ0n) is 3.29. The molecule has 2 heteroatoms. The molecule has 0 amide bonds. The first-order valence-corrected chi connectivity index (χ1v) is 4.78. The third kappa shape index (κ3) is 1.12. The van der Waals surface area contributed by atoms with E-state index in [1.54, 1.807) is 0 Å². The van der Waals surface area contributed by atoms with Crippen LogP contribution in [0.25, 0.3) is 0 Å². The Morgan fingerprint density at radius 1 is 1.67 bits per heavy atom. The average molecular weight is 195 g/mol. The number of rotatable bonds is 0. The molecule has 0 bridgehead atoms. The first kappa shape index (κ1) is 4.36. The third-order valence-electron chi connectivity index (χ3n) is 0.519. The van der Waals surface area contributed by atoms with Crippen molar-refractivity contribution in [2.75, 3.05) is 0 Å². The van der Waals surface area contributed by atoms with Crippen molar-refractivity contribution in [3.8, 4) is 0 Å². The van der Waals surface area contributed by atoms with Crippen LogP contribution in [0.4, 0.5) is 0 Å². The first-order valence-electron chi connectivity index (χ1n) is 1.78. The fourth-order valence-corrected chi connectivity index (χ4v) is 1.54. The first-order chi connectivity index (χ1) is 3.00. The fraction of sp³-hybridized carbons (Fsp3) is 0.250. The Hall–Kier alpha value is 0.200. The SMILES string of the molecule is C1=C[Te]CC=N1. The van der Waals surface area contributed by atoms with Gasteiger partial charge >= 0.3 is 46.9 Å². The molecule has 0 spiro atoms. The summed E-state index contributed by atoms with van der Waals surface area (Å²) in [5, 5.41) is 0. The van der Waals surface area contributed by atoms with Gasteiger partial charge in [0.15, 0.2) is 0 Å². The number of hydrogen-bond donors (Lipinski definition) is 0. The van der Waals surface area contributed by atoms with Gasteiger partial charge in [0, 0.05) is 0 Å². The molecular weight excluding hydrogens is 190 g/mol. The molecule has 0 radical (unpaired) electrons. The molecule has 0 N–H and O–H groups in total. The fourth-order valence-electron chi connectivity index (χ4n) is 0.281. The van der Waals surface area contributed by atoms with Crippen molar-refractivity contribution in [3.05, 3.63) is 10.3 Å². The van der Waals surface area contributed by atoms with E-state index in [0.29, 0.717) is 0 Å². The molecule has 6 heavy (non-hydrogen) atoms. The predicted molar refractivity (Wildman–Crippen MR) is 28.2 cm³/mol. The summed E-state index contributed by atoms with van der Waals surface area (Å²) in [4.78, 5) is 3.90. The van der Waals surface area contributed by atoms with Crippen LogP contribution in [0.5, 0.6) is 0 Å². The molecular formula is C4H5NTe. The second-order valence-corrected chi connectivity index (χ2v) is 3.63. The van der Waals surface area contributed by atoms with Crippen LogP contribution in [0.2, 0.25) is 4.47 Å². The monoisotopic (exact) mass is 197 g/mol. The zero-order chi connectivity index (χ0) is 4.24. The second-order valence-electron chi connectivity index (χ2n) is 0.950. The van der Waals surface area contributed by atoms with Gasteiger partial charge in [0.25, 0.3) is 0 Å². The molecule has 0 aromatic heterocycles. The van der Waals surface area contributed by atoms with Gasteiger partial charge < -0.3 is 0 Å². The number of hydrogen-bond acceptors (Lipinski definition) is 1. The maximum absolute atomic E-state index is 3.90. The standard InChI is InChI=1S/C4H5NTe/c1-3-6-4-2-5-1/h1-3H,4H2. The van der Waals surface area contributed by atoms with Crippen molar-refractivity contribution in [1.29, 1.82) is 0 Å². The number of aliphatic imine (C=N–C) groups is 1. The zero-order valence-corrected chi connectivity index (χ0v) is 5.62. The summed E-state index contributed by atoms with van der Waals surface area (Å²) in [7, 11) is 0. The van der Waals surface area contributed by atoms with E-state index in [1.807, 2.05) is 12.4 Å². The summed E-state index contributed by atoms with van der Waals surface area (Å²) in [6.45, 7) is 0. The summed E-state index contributed by atoms with van der Waals surface area (Å²) in [5.74, 6) is 0. The second kappa shape index (κ2) is 2.39. The van der Waals surface area contributed by atoms with Gasteiger partial charge in [-0.1, -0.05) is 0 Å². The number of nitrogens with zero attached hydrogens (tertiary/aromatic N) is 1. The molecule has 0 saturated heterocycles. The van der Waals surface area contributed by atoms with Crippen LogP contribution in [-0.2, 0) is 0 Å². The Kier molecular flexibility index (Phi) is 1.73. The van der Waals surface area contributed by atoms with Crippen LogP contribution < -0.4 is 0 Å². The molecule has 1 heterocycles. The van der Waals surface area contributed by atoms with E-state index in [1.165, 1.54) is 4.47 Å². The quantitative estimate of drug-likeness (QED) is 0.503. The summed E-state index contributed by atoms with van der Waals surface area (Å²) < 4.78 is 3.45. The van der Waals surface area contributed by atoms with Gasteiger partial charge in [-0.15, -0.1) is 0 Å². The van der Waals surface area contributed by atoms with Gasteiger partial charge in [-0.2, -0.15) is 0 Å². The summed E-state index contributed by atoms with van der Waals surface area (Å²) in [5.41, 5.74) is 0. The van der Waals surface area contributed by atoms with Crippen molar-refractivity contribution in [1.82, 2.24) is 0 Å². The summed E-state index contributed by atoms with van der Waals surface area (Å²) in [6, 6.07) is 0. The summed E-state index contributed by atoms with van der Waals surface area (Å²) in [6.07, 6.45) is 3.88. The van der Waals surface area contributed by atoms with Crippen LogP contribution >= 0.6 is 0 Å². The Balaban J connectivity index is 2.46. The Bertz CT molecular complexity index is 73.5. The van der Waals surface area contributed by atoms with Crippen LogP contribution in [0.1, 0.15) is 0 Å². The molecule has 1 nitrogen and oxygen atoms in total. The van der Waals surface area contributed by atoms with Crippen LogP contribution in [-0.4, -0.2) is 27.1 Å². The molecule has 0 aromatic carbocycles. The van der Waals surface area contributed by atoms with Crippen molar-refractivity contribution in [2.24, 2.45) is 4.99 Å². The van der Waals surface area contributed by atoms with Crippen molar-refractivity contribution in [3.63, 3.8) is 0 Å². The third-order valence-corrected chi connectivity index (χ3v) is 2.39. The topological polar surface area (TPSA) is 12.4 Å². The molecule has 32 valence electrons. The Labute approximate surface area is 47.2 Å².